The summed E-state index contributed by atoms with van der Waals surface area (Å²) in [4.78, 5) is 8.34. The summed E-state index contributed by atoms with van der Waals surface area (Å²) in [5, 5.41) is 4.49. The Hall–Kier alpha value is -1.72. The van der Waals surface area contributed by atoms with Gasteiger partial charge in [-0.15, -0.1) is 11.3 Å². The normalized spacial score (nSPS) is 10.8. The van der Waals surface area contributed by atoms with Crippen LogP contribution in [0.15, 0.2) is 30.6 Å². The van der Waals surface area contributed by atoms with Gasteiger partial charge in [-0.1, -0.05) is 11.6 Å². The van der Waals surface area contributed by atoms with Gasteiger partial charge in [0.25, 0.3) is 0 Å². The van der Waals surface area contributed by atoms with Crippen LogP contribution in [0, 0.1) is 0 Å². The Labute approximate surface area is 119 Å². The lowest BCUT2D eigenvalue weighted by Crippen LogP contribution is -1.98. The van der Waals surface area contributed by atoms with Crippen LogP contribution in [-0.2, 0) is 6.54 Å². The lowest BCUT2D eigenvalue weighted by molar-refractivity contribution is 0.415. The number of H-pyrrole nitrogens is 1. The molecular formula is C13H12ClN3OS. The number of hydrogen-bond acceptors (Lipinski definition) is 4. The molecule has 2 aromatic heterocycles. The number of methoxy groups -OCH3 is 1. The van der Waals surface area contributed by atoms with Crippen LogP contribution >= 0.6 is 22.9 Å². The largest absolute Gasteiger partial charge is 0.497 e. The number of anilines is 1. The summed E-state index contributed by atoms with van der Waals surface area (Å²) in [6, 6.07) is 5.99. The molecule has 0 bridgehead atoms. The van der Waals surface area contributed by atoms with Crippen molar-refractivity contribution in [3.63, 3.8) is 0 Å². The highest BCUT2D eigenvalue weighted by Crippen LogP contribution is 2.29. The smallest absolute Gasteiger partial charge is 0.183 e. The van der Waals surface area contributed by atoms with E-state index in [1.807, 2.05) is 24.4 Å². The molecule has 0 aliphatic heterocycles. The SMILES string of the molecule is COc1cc(NCc2cnc(Cl)s2)c2[nH]ccc2c1. The second kappa shape index (κ2) is 5.11. The van der Waals surface area contributed by atoms with Crippen molar-refractivity contribution in [1.29, 1.82) is 0 Å². The summed E-state index contributed by atoms with van der Waals surface area (Å²) in [5.74, 6) is 0.830. The highest BCUT2D eigenvalue weighted by Gasteiger charge is 2.06. The van der Waals surface area contributed by atoms with Crippen molar-refractivity contribution in [1.82, 2.24) is 9.97 Å². The van der Waals surface area contributed by atoms with Gasteiger partial charge in [0.15, 0.2) is 4.47 Å². The summed E-state index contributed by atoms with van der Waals surface area (Å²) in [6.07, 6.45) is 3.70. The Kier molecular flexibility index (Phi) is 3.31. The van der Waals surface area contributed by atoms with Crippen LogP contribution in [0.2, 0.25) is 4.47 Å². The zero-order valence-electron chi connectivity index (χ0n) is 10.2. The number of benzene rings is 1. The summed E-state index contributed by atoms with van der Waals surface area (Å²) in [7, 11) is 1.67. The van der Waals surface area contributed by atoms with Crippen LogP contribution in [0.3, 0.4) is 0 Å². The van der Waals surface area contributed by atoms with Crippen molar-refractivity contribution in [3.05, 3.63) is 39.9 Å². The van der Waals surface area contributed by atoms with E-state index in [2.05, 4.69) is 15.3 Å². The number of hydrogen-bond donors (Lipinski definition) is 2. The van der Waals surface area contributed by atoms with E-state index in [1.54, 1.807) is 13.3 Å². The third-order valence-corrected chi connectivity index (χ3v) is 3.96. The zero-order valence-corrected chi connectivity index (χ0v) is 11.8. The number of aromatic nitrogens is 2. The molecule has 0 saturated heterocycles. The third kappa shape index (κ3) is 2.52. The standard InChI is InChI=1S/C13H12ClN3OS/c1-18-9-4-8-2-3-15-12(8)11(5-9)16-6-10-7-17-13(14)19-10/h2-5,7,15-16H,6H2,1H3. The van der Waals surface area contributed by atoms with Gasteiger partial charge in [0.1, 0.15) is 5.75 Å². The second-order valence-electron chi connectivity index (χ2n) is 4.05. The molecule has 0 fully saturated rings. The zero-order chi connectivity index (χ0) is 13.2. The van der Waals surface area contributed by atoms with Crippen molar-refractivity contribution in [2.45, 2.75) is 6.54 Å². The fourth-order valence-electron chi connectivity index (χ4n) is 1.95. The van der Waals surface area contributed by atoms with E-state index in [0.717, 1.165) is 27.2 Å². The first-order chi connectivity index (χ1) is 9.26. The molecule has 1 aromatic carbocycles. The molecule has 0 atom stereocenters. The average Bonchev–Trinajstić information content (AvgIpc) is 3.04. The van der Waals surface area contributed by atoms with Gasteiger partial charge in [-0.2, -0.15) is 0 Å². The molecule has 4 nitrogen and oxygen atoms in total. The minimum Gasteiger partial charge on any atom is -0.497 e. The van der Waals surface area contributed by atoms with Crippen molar-refractivity contribution >= 4 is 39.5 Å². The highest BCUT2D eigenvalue weighted by molar-refractivity contribution is 7.15. The summed E-state index contributed by atoms with van der Waals surface area (Å²) < 4.78 is 5.87. The average molecular weight is 294 g/mol. The van der Waals surface area contributed by atoms with Crippen molar-refractivity contribution < 1.29 is 4.74 Å². The Balaban J connectivity index is 1.88. The van der Waals surface area contributed by atoms with E-state index in [4.69, 9.17) is 16.3 Å². The fourth-order valence-corrected chi connectivity index (χ4v) is 2.87. The highest BCUT2D eigenvalue weighted by atomic mass is 35.5. The van der Waals surface area contributed by atoms with Crippen molar-refractivity contribution in [2.75, 3.05) is 12.4 Å². The van der Waals surface area contributed by atoms with E-state index in [0.29, 0.717) is 11.0 Å². The number of ether oxygens (including phenoxy) is 1. The molecule has 2 heterocycles. The maximum atomic E-state index is 5.82. The summed E-state index contributed by atoms with van der Waals surface area (Å²) >= 11 is 7.30. The molecule has 0 aliphatic carbocycles. The second-order valence-corrected chi connectivity index (χ2v) is 5.75. The van der Waals surface area contributed by atoms with Gasteiger partial charge < -0.3 is 15.0 Å². The van der Waals surface area contributed by atoms with Gasteiger partial charge in [0.05, 0.1) is 24.9 Å². The van der Waals surface area contributed by atoms with Crippen LogP contribution in [0.4, 0.5) is 5.69 Å². The lowest BCUT2D eigenvalue weighted by atomic mass is 10.2. The molecule has 6 heteroatoms. The molecule has 0 saturated carbocycles. The monoisotopic (exact) mass is 293 g/mol. The predicted molar refractivity (Wildman–Crippen MR) is 79.3 cm³/mol. The maximum absolute atomic E-state index is 5.82. The molecule has 0 radical (unpaired) electrons. The first-order valence-corrected chi connectivity index (χ1v) is 6.95. The number of rotatable bonds is 4. The van der Waals surface area contributed by atoms with Crippen LogP contribution in [0.5, 0.6) is 5.75 Å². The van der Waals surface area contributed by atoms with E-state index >= 15 is 0 Å². The Morgan fingerprint density at radius 2 is 2.37 bits per heavy atom. The van der Waals surface area contributed by atoms with Crippen LogP contribution in [0.25, 0.3) is 10.9 Å². The molecule has 0 aliphatic rings. The number of nitrogens with zero attached hydrogens (tertiary/aromatic N) is 1. The Morgan fingerprint density at radius 3 is 3.11 bits per heavy atom. The predicted octanol–water partition coefficient (Wildman–Crippen LogP) is 3.90. The van der Waals surface area contributed by atoms with Gasteiger partial charge in [-0.25, -0.2) is 4.98 Å². The van der Waals surface area contributed by atoms with Gasteiger partial charge in [0, 0.05) is 28.7 Å². The molecule has 3 rings (SSSR count). The number of thiazole rings is 1. The van der Waals surface area contributed by atoms with Crippen LogP contribution in [0.1, 0.15) is 4.88 Å². The molecule has 2 N–H and O–H groups in total. The molecule has 3 aromatic rings. The minimum atomic E-state index is 0.562. The third-order valence-electron chi connectivity index (χ3n) is 2.85. The van der Waals surface area contributed by atoms with Gasteiger partial charge in [-0.05, 0) is 12.1 Å². The molecule has 98 valence electrons. The van der Waals surface area contributed by atoms with E-state index in [-0.39, 0.29) is 0 Å². The fraction of sp³-hybridized carbons (Fsp3) is 0.154. The van der Waals surface area contributed by atoms with Crippen LogP contribution < -0.4 is 10.1 Å². The van der Waals surface area contributed by atoms with Crippen LogP contribution in [-0.4, -0.2) is 17.1 Å². The van der Waals surface area contributed by atoms with Gasteiger partial charge in [0.2, 0.25) is 0 Å². The Bertz CT molecular complexity index is 707. The van der Waals surface area contributed by atoms with Crippen molar-refractivity contribution in [3.8, 4) is 5.75 Å². The number of fused-ring (bicyclic) bond motifs is 1. The van der Waals surface area contributed by atoms with Gasteiger partial charge in [-0.3, -0.25) is 0 Å². The maximum Gasteiger partial charge on any atom is 0.183 e. The summed E-state index contributed by atoms with van der Waals surface area (Å²) in [6.45, 7) is 0.686. The number of aromatic amines is 1. The van der Waals surface area contributed by atoms with E-state index < -0.39 is 0 Å². The first kappa shape index (κ1) is 12.3. The van der Waals surface area contributed by atoms with E-state index in [1.165, 1.54) is 11.3 Å². The molecule has 0 unspecified atom stereocenters. The molecular weight excluding hydrogens is 282 g/mol. The Morgan fingerprint density at radius 1 is 1.47 bits per heavy atom. The first-order valence-electron chi connectivity index (χ1n) is 5.75. The summed E-state index contributed by atoms with van der Waals surface area (Å²) in [5.41, 5.74) is 2.07. The molecule has 0 spiro atoms. The minimum absolute atomic E-state index is 0.562. The molecule has 19 heavy (non-hydrogen) atoms. The quantitative estimate of drug-likeness (QED) is 0.767. The lowest BCUT2D eigenvalue weighted by Gasteiger charge is -2.09. The van der Waals surface area contributed by atoms with Crippen molar-refractivity contribution in [2.24, 2.45) is 0 Å². The molecule has 0 amide bonds. The van der Waals surface area contributed by atoms with Gasteiger partial charge >= 0.3 is 0 Å². The topological polar surface area (TPSA) is 49.9 Å². The number of nitrogens with one attached hydrogen (secondary N) is 2. The van der Waals surface area contributed by atoms with E-state index in [9.17, 15) is 0 Å². The number of halogens is 1.